The van der Waals surface area contributed by atoms with Gasteiger partial charge in [-0.2, -0.15) is 0 Å². The van der Waals surface area contributed by atoms with Gasteiger partial charge in [0.15, 0.2) is 0 Å². The van der Waals surface area contributed by atoms with E-state index in [4.69, 9.17) is 9.40 Å². The largest absolute Gasteiger partial charge is 0.449 e. The first-order valence-electron chi connectivity index (χ1n) is 11.0. The Morgan fingerprint density at radius 2 is 1.88 bits per heavy atom. The first kappa shape index (κ1) is 20.6. The summed E-state index contributed by atoms with van der Waals surface area (Å²) < 4.78 is 6.64. The molecule has 0 atom stereocenters. The Bertz CT molecular complexity index is 1420. The molecule has 168 valence electrons. The van der Waals surface area contributed by atoms with E-state index in [1.54, 1.807) is 0 Å². The van der Waals surface area contributed by atoms with E-state index in [9.17, 15) is 9.59 Å². The number of aromatic amines is 1. The second-order valence-corrected chi connectivity index (χ2v) is 9.54. The molecule has 2 aromatic heterocycles. The number of amides is 1. The van der Waals surface area contributed by atoms with Crippen LogP contribution >= 0.6 is 15.9 Å². The van der Waals surface area contributed by atoms with Crippen molar-refractivity contribution in [2.45, 2.75) is 24.9 Å². The molecule has 2 saturated heterocycles. The van der Waals surface area contributed by atoms with Gasteiger partial charge in [-0.1, -0.05) is 34.1 Å². The van der Waals surface area contributed by atoms with Gasteiger partial charge in [-0.25, -0.2) is 4.98 Å². The lowest BCUT2D eigenvalue weighted by molar-refractivity contribution is -0.126. The molecule has 4 aromatic rings. The maximum absolute atomic E-state index is 13.7. The van der Waals surface area contributed by atoms with E-state index in [1.807, 2.05) is 53.4 Å². The molecule has 9 heteroatoms. The number of hydrogen-bond donors (Lipinski definition) is 2. The average Bonchev–Trinajstić information content (AvgIpc) is 3.32. The van der Waals surface area contributed by atoms with Crippen molar-refractivity contribution in [1.29, 1.82) is 0 Å². The van der Waals surface area contributed by atoms with Crippen molar-refractivity contribution in [2.24, 2.45) is 0 Å². The van der Waals surface area contributed by atoms with Gasteiger partial charge in [-0.05, 0) is 56.3 Å². The molecule has 0 unspecified atom stereocenters. The highest BCUT2D eigenvalue weighted by atomic mass is 79.9. The van der Waals surface area contributed by atoms with Crippen LogP contribution in [0.4, 0.5) is 5.69 Å². The highest BCUT2D eigenvalue weighted by Crippen LogP contribution is 2.37. The molecule has 4 heterocycles. The summed E-state index contributed by atoms with van der Waals surface area (Å²) in [6.07, 6.45) is 1.42. The molecular formula is C24H22BrN5O3. The summed E-state index contributed by atoms with van der Waals surface area (Å²) in [6.45, 7) is 2.35. The Morgan fingerprint density at radius 3 is 2.67 bits per heavy atom. The number of H-pyrrole nitrogens is 1. The van der Waals surface area contributed by atoms with Gasteiger partial charge < -0.3 is 14.7 Å². The average molecular weight is 508 g/mol. The summed E-state index contributed by atoms with van der Waals surface area (Å²) in [7, 11) is 0. The predicted octanol–water partition coefficient (Wildman–Crippen LogP) is 3.36. The number of nitrogens with one attached hydrogen (secondary N) is 2. The molecule has 0 saturated carbocycles. The van der Waals surface area contributed by atoms with Crippen molar-refractivity contribution < 1.29 is 9.21 Å². The minimum absolute atomic E-state index is 0.108. The third-order valence-corrected chi connectivity index (χ3v) is 7.23. The summed E-state index contributed by atoms with van der Waals surface area (Å²) >= 11 is 3.48. The van der Waals surface area contributed by atoms with Crippen molar-refractivity contribution >= 4 is 49.6 Å². The van der Waals surface area contributed by atoms with Crippen LogP contribution in [0.5, 0.6) is 0 Å². The van der Waals surface area contributed by atoms with Gasteiger partial charge in [-0.15, -0.1) is 0 Å². The summed E-state index contributed by atoms with van der Waals surface area (Å²) in [5, 5.41) is 4.15. The van der Waals surface area contributed by atoms with E-state index in [-0.39, 0.29) is 17.0 Å². The Morgan fingerprint density at radius 1 is 1.09 bits per heavy atom. The van der Waals surface area contributed by atoms with Gasteiger partial charge >= 0.3 is 0 Å². The van der Waals surface area contributed by atoms with E-state index < -0.39 is 5.54 Å². The number of carbonyl (C=O) groups is 1. The number of benzene rings is 2. The molecule has 2 aliphatic rings. The molecule has 0 aliphatic carbocycles. The Kier molecular flexibility index (Phi) is 4.86. The first-order chi connectivity index (χ1) is 16.0. The van der Waals surface area contributed by atoms with Crippen LogP contribution in [0.1, 0.15) is 18.7 Å². The minimum atomic E-state index is -0.615. The molecule has 2 aromatic carbocycles. The fourth-order valence-electron chi connectivity index (χ4n) is 5.06. The van der Waals surface area contributed by atoms with E-state index >= 15 is 0 Å². The lowest BCUT2D eigenvalue weighted by Crippen LogP contribution is -2.55. The Labute approximate surface area is 197 Å². The molecule has 0 bridgehead atoms. The number of halogens is 1. The van der Waals surface area contributed by atoms with Crippen LogP contribution in [0.25, 0.3) is 22.1 Å². The number of rotatable bonds is 3. The number of nitrogens with zero attached hydrogens (tertiary/aromatic N) is 3. The number of carbonyl (C=O) groups excluding carboxylic acids is 1. The lowest BCUT2D eigenvalue weighted by atomic mass is 9.86. The fourth-order valence-corrected chi connectivity index (χ4v) is 5.42. The summed E-state index contributed by atoms with van der Waals surface area (Å²) in [5.74, 6) is 0.632. The zero-order chi connectivity index (χ0) is 22.6. The van der Waals surface area contributed by atoms with Crippen molar-refractivity contribution in [3.8, 4) is 0 Å². The van der Waals surface area contributed by atoms with Crippen LogP contribution in [0.3, 0.4) is 0 Å². The molecule has 33 heavy (non-hydrogen) atoms. The second kappa shape index (κ2) is 7.79. The van der Waals surface area contributed by atoms with Gasteiger partial charge in [0, 0.05) is 15.5 Å². The molecule has 1 amide bonds. The molecule has 2 aliphatic heterocycles. The highest BCUT2D eigenvalue weighted by molar-refractivity contribution is 9.10. The molecule has 2 fully saturated rings. The molecule has 2 N–H and O–H groups in total. The van der Waals surface area contributed by atoms with E-state index in [0.29, 0.717) is 43.0 Å². The molecular weight excluding hydrogens is 486 g/mol. The maximum Gasteiger partial charge on any atom is 0.294 e. The first-order valence-corrected chi connectivity index (χ1v) is 11.8. The van der Waals surface area contributed by atoms with Crippen molar-refractivity contribution in [2.75, 3.05) is 24.7 Å². The SMILES string of the molecule is O=C1N(c2ccccc2)CN(Cc2nc3c(oc4ccc(Br)cc43)c(=O)[nH]2)C12CCNCC2. The number of hydrogen-bond acceptors (Lipinski definition) is 6. The van der Waals surface area contributed by atoms with Crippen LogP contribution < -0.4 is 15.8 Å². The van der Waals surface area contributed by atoms with Crippen LogP contribution in [0, 0.1) is 0 Å². The Balaban J connectivity index is 1.42. The van der Waals surface area contributed by atoms with E-state index in [2.05, 4.69) is 31.1 Å². The quantitative estimate of drug-likeness (QED) is 0.441. The third kappa shape index (κ3) is 3.30. The standard InChI is InChI=1S/C24H22BrN5O3/c25-15-6-7-18-17(12-15)20-21(33-18)22(31)28-19(27-20)13-29-14-30(16-4-2-1-3-5-16)23(32)24(29)8-10-26-11-9-24/h1-7,12,26H,8-11,13-14H2,(H,27,28,31). The van der Waals surface area contributed by atoms with Crippen LogP contribution in [0.15, 0.2) is 62.2 Å². The third-order valence-electron chi connectivity index (χ3n) is 6.73. The second-order valence-electron chi connectivity index (χ2n) is 8.62. The monoisotopic (exact) mass is 507 g/mol. The summed E-state index contributed by atoms with van der Waals surface area (Å²) in [4.78, 5) is 38.2. The molecule has 0 radical (unpaired) electrons. The summed E-state index contributed by atoms with van der Waals surface area (Å²) in [5.41, 5.74) is 1.32. The van der Waals surface area contributed by atoms with E-state index in [0.717, 1.165) is 28.6 Å². The fraction of sp³-hybridized carbons (Fsp3) is 0.292. The number of fused-ring (bicyclic) bond motifs is 3. The van der Waals surface area contributed by atoms with Crippen LogP contribution in [0.2, 0.25) is 0 Å². The van der Waals surface area contributed by atoms with Gasteiger partial charge in [0.25, 0.3) is 5.56 Å². The maximum atomic E-state index is 13.7. The lowest BCUT2D eigenvalue weighted by Gasteiger charge is -2.38. The molecule has 8 nitrogen and oxygen atoms in total. The predicted molar refractivity (Wildman–Crippen MR) is 129 cm³/mol. The molecule has 6 rings (SSSR count). The number of aromatic nitrogens is 2. The van der Waals surface area contributed by atoms with Gasteiger partial charge in [0.05, 0.1) is 13.2 Å². The number of para-hydroxylation sites is 1. The van der Waals surface area contributed by atoms with Gasteiger partial charge in [0.2, 0.25) is 11.5 Å². The van der Waals surface area contributed by atoms with Gasteiger partial charge in [0.1, 0.15) is 22.5 Å². The number of anilines is 1. The van der Waals surface area contributed by atoms with Crippen molar-refractivity contribution in [1.82, 2.24) is 20.2 Å². The number of furan rings is 1. The molecule has 1 spiro atoms. The van der Waals surface area contributed by atoms with Gasteiger partial charge in [-0.3, -0.25) is 19.4 Å². The zero-order valence-electron chi connectivity index (χ0n) is 17.8. The van der Waals surface area contributed by atoms with Crippen molar-refractivity contribution in [3.63, 3.8) is 0 Å². The zero-order valence-corrected chi connectivity index (χ0v) is 19.4. The number of piperidine rings is 1. The van der Waals surface area contributed by atoms with Crippen molar-refractivity contribution in [3.05, 3.63) is 69.2 Å². The van der Waals surface area contributed by atoms with E-state index in [1.165, 1.54) is 0 Å². The van der Waals surface area contributed by atoms with Crippen LogP contribution in [-0.2, 0) is 11.3 Å². The Hall–Kier alpha value is -3.01. The smallest absolute Gasteiger partial charge is 0.294 e. The van der Waals surface area contributed by atoms with Crippen LogP contribution in [-0.4, -0.2) is 46.1 Å². The highest BCUT2D eigenvalue weighted by Gasteiger charge is 2.53. The topological polar surface area (TPSA) is 94.5 Å². The normalized spacial score (nSPS) is 18.7. The minimum Gasteiger partial charge on any atom is -0.449 e. The summed E-state index contributed by atoms with van der Waals surface area (Å²) in [6, 6.07) is 15.3.